The number of hydrogen-bond donors (Lipinski definition) is 2. The quantitative estimate of drug-likeness (QED) is 0.415. The molecule has 18 heavy (non-hydrogen) atoms. The lowest BCUT2D eigenvalue weighted by Gasteiger charge is -2.15. The molecule has 2 N–H and O–H groups in total. The number of benzene rings is 1. The zero-order valence-electron chi connectivity index (χ0n) is 10.2. The highest BCUT2D eigenvalue weighted by Gasteiger charge is 2.22. The third-order valence-electron chi connectivity index (χ3n) is 2.28. The maximum Gasteiger partial charge on any atom is 0.374 e. The van der Waals surface area contributed by atoms with E-state index >= 15 is 0 Å². The fraction of sp³-hybridized carbons (Fsp3) is 0.333. The van der Waals surface area contributed by atoms with Crippen molar-refractivity contribution in [3.05, 3.63) is 35.9 Å². The van der Waals surface area contributed by atoms with Gasteiger partial charge in [-0.3, -0.25) is 4.79 Å². The van der Waals surface area contributed by atoms with Crippen molar-refractivity contribution in [2.45, 2.75) is 25.9 Å². The molecule has 1 aromatic rings. The molecule has 1 aromatic carbocycles. The lowest BCUT2D eigenvalue weighted by Crippen LogP contribution is -2.45. The van der Waals surface area contributed by atoms with Crippen LogP contribution < -0.4 is 5.23 Å². The molecule has 0 aliphatic carbocycles. The van der Waals surface area contributed by atoms with Crippen LogP contribution in [0.15, 0.2) is 30.3 Å². The highest BCUT2D eigenvalue weighted by Crippen LogP contribution is 2.03. The Bertz CT molecular complexity index is 383. The highest BCUT2D eigenvalue weighted by molar-refractivity contribution is 6.46. The summed E-state index contributed by atoms with van der Waals surface area (Å²) in [5.41, 5.74) is 0.868. The Morgan fingerprint density at radius 1 is 1.50 bits per heavy atom. The second kappa shape index (κ2) is 7.63. The minimum absolute atomic E-state index is 0.0292. The van der Waals surface area contributed by atoms with E-state index in [9.17, 15) is 9.59 Å². The number of nitrogens with one attached hydrogen (secondary N) is 1. The highest BCUT2D eigenvalue weighted by atomic mass is 16.5. The molecule has 0 aliphatic heterocycles. The number of esters is 1. The van der Waals surface area contributed by atoms with Crippen molar-refractivity contribution in [1.29, 1.82) is 0 Å². The van der Waals surface area contributed by atoms with Gasteiger partial charge in [0.15, 0.2) is 0 Å². The van der Waals surface area contributed by atoms with E-state index in [-0.39, 0.29) is 13.0 Å². The summed E-state index contributed by atoms with van der Waals surface area (Å²) in [6, 6.07) is 8.43. The van der Waals surface area contributed by atoms with Gasteiger partial charge in [0, 0.05) is 6.42 Å². The first-order valence-corrected chi connectivity index (χ1v) is 5.71. The molecule has 6 heteroatoms. The second-order valence-corrected chi connectivity index (χ2v) is 3.89. The zero-order valence-corrected chi connectivity index (χ0v) is 10.2. The van der Waals surface area contributed by atoms with Gasteiger partial charge < -0.3 is 19.8 Å². The molecule has 0 saturated heterocycles. The topological polar surface area (TPSA) is 75.6 Å². The van der Waals surface area contributed by atoms with E-state index in [1.165, 1.54) is 6.82 Å². The summed E-state index contributed by atoms with van der Waals surface area (Å²) in [4.78, 5) is 22.1. The van der Waals surface area contributed by atoms with Crippen LogP contribution in [-0.4, -0.2) is 30.4 Å². The number of ether oxygens (including phenoxy) is 1. The van der Waals surface area contributed by atoms with Gasteiger partial charge in [-0.2, -0.15) is 0 Å². The van der Waals surface area contributed by atoms with Crippen LogP contribution in [0.4, 0.5) is 0 Å². The predicted octanol–water partition coefficient (Wildman–Crippen LogP) is 0.387. The predicted molar refractivity (Wildman–Crippen MR) is 67.7 cm³/mol. The van der Waals surface area contributed by atoms with Crippen molar-refractivity contribution in [1.82, 2.24) is 5.23 Å². The fourth-order valence-corrected chi connectivity index (χ4v) is 1.45. The number of hydrogen-bond acceptors (Lipinski definition) is 5. The standard InChI is InChI=1S/C12H16BNO4/c1-13(17)14-11(7-8-15)12(16)18-9-10-5-3-2-4-6-10/h2-6,8,11,14,17H,7,9H2,1H3/t11-/m0/s1. The van der Waals surface area contributed by atoms with Crippen molar-refractivity contribution in [2.24, 2.45) is 0 Å². The molecular formula is C12H16BNO4. The monoisotopic (exact) mass is 249 g/mol. The molecule has 0 fully saturated rings. The van der Waals surface area contributed by atoms with E-state index in [1.54, 1.807) is 0 Å². The van der Waals surface area contributed by atoms with Gasteiger partial charge in [-0.1, -0.05) is 30.3 Å². The third kappa shape index (κ3) is 5.12. The SMILES string of the molecule is CB(O)N[C@@H](CC=O)C(=O)OCc1ccccc1. The summed E-state index contributed by atoms with van der Waals surface area (Å²) in [6.07, 6.45) is 0.586. The first-order chi connectivity index (χ1) is 8.63. The average molecular weight is 249 g/mol. The molecule has 0 unspecified atom stereocenters. The van der Waals surface area contributed by atoms with Crippen molar-refractivity contribution < 1.29 is 19.3 Å². The van der Waals surface area contributed by atoms with Crippen LogP contribution in [0.25, 0.3) is 0 Å². The fourth-order valence-electron chi connectivity index (χ4n) is 1.45. The zero-order chi connectivity index (χ0) is 13.4. The lowest BCUT2D eigenvalue weighted by atomic mass is 9.87. The molecule has 0 amide bonds. The van der Waals surface area contributed by atoms with E-state index in [2.05, 4.69) is 5.23 Å². The average Bonchev–Trinajstić information content (AvgIpc) is 2.36. The van der Waals surface area contributed by atoms with E-state index in [0.29, 0.717) is 6.29 Å². The van der Waals surface area contributed by atoms with E-state index in [0.717, 1.165) is 5.56 Å². The minimum atomic E-state index is -0.876. The Morgan fingerprint density at radius 2 is 2.17 bits per heavy atom. The molecule has 5 nitrogen and oxygen atoms in total. The first kappa shape index (κ1) is 14.4. The van der Waals surface area contributed by atoms with Gasteiger partial charge in [-0.05, 0) is 12.4 Å². The molecular weight excluding hydrogens is 233 g/mol. The third-order valence-corrected chi connectivity index (χ3v) is 2.28. The molecule has 0 radical (unpaired) electrons. The van der Waals surface area contributed by atoms with E-state index in [1.807, 2.05) is 30.3 Å². The van der Waals surface area contributed by atoms with Crippen LogP contribution in [0.3, 0.4) is 0 Å². The van der Waals surface area contributed by atoms with E-state index < -0.39 is 19.1 Å². The Balaban J connectivity index is 2.48. The van der Waals surface area contributed by atoms with Gasteiger partial charge in [-0.15, -0.1) is 0 Å². The number of rotatable bonds is 7. The summed E-state index contributed by atoms with van der Waals surface area (Å²) < 4.78 is 5.07. The molecule has 1 rings (SSSR count). The Kier molecular flexibility index (Phi) is 6.11. The van der Waals surface area contributed by atoms with E-state index in [4.69, 9.17) is 9.76 Å². The maximum atomic E-state index is 11.7. The number of carbonyl (C=O) groups excluding carboxylic acids is 2. The molecule has 0 saturated carbocycles. The van der Waals surface area contributed by atoms with Gasteiger partial charge in [0.2, 0.25) is 0 Å². The largest absolute Gasteiger partial charge is 0.460 e. The molecule has 96 valence electrons. The Hall–Kier alpha value is -1.66. The number of aldehydes is 1. The molecule has 0 aliphatic rings. The molecule has 1 atom stereocenters. The molecule has 0 heterocycles. The van der Waals surface area contributed by atoms with Crippen LogP contribution in [0.1, 0.15) is 12.0 Å². The second-order valence-electron chi connectivity index (χ2n) is 3.89. The van der Waals surface area contributed by atoms with Crippen LogP contribution in [0.2, 0.25) is 6.82 Å². The minimum Gasteiger partial charge on any atom is -0.460 e. The number of carbonyl (C=O) groups is 2. The smallest absolute Gasteiger partial charge is 0.374 e. The molecule has 0 bridgehead atoms. The van der Waals surface area contributed by atoms with Crippen LogP contribution in [0.5, 0.6) is 0 Å². The Morgan fingerprint density at radius 3 is 2.72 bits per heavy atom. The van der Waals surface area contributed by atoms with Gasteiger partial charge in [0.05, 0.1) is 0 Å². The van der Waals surface area contributed by atoms with Gasteiger partial charge in [-0.25, -0.2) is 0 Å². The van der Waals surface area contributed by atoms with Crippen molar-refractivity contribution >= 4 is 19.3 Å². The Labute approximate surface area is 106 Å². The summed E-state index contributed by atoms with van der Waals surface area (Å²) >= 11 is 0. The molecule has 0 aromatic heterocycles. The van der Waals surface area contributed by atoms with Crippen molar-refractivity contribution in [2.75, 3.05) is 0 Å². The van der Waals surface area contributed by atoms with Gasteiger partial charge >= 0.3 is 13.0 Å². The van der Waals surface area contributed by atoms with Crippen LogP contribution >= 0.6 is 0 Å². The normalized spacial score (nSPS) is 11.7. The lowest BCUT2D eigenvalue weighted by molar-refractivity contribution is -0.147. The first-order valence-electron chi connectivity index (χ1n) is 5.71. The summed E-state index contributed by atoms with van der Waals surface area (Å²) in [5.74, 6) is -0.549. The van der Waals surface area contributed by atoms with Crippen LogP contribution in [-0.2, 0) is 20.9 Å². The van der Waals surface area contributed by atoms with Crippen molar-refractivity contribution in [3.63, 3.8) is 0 Å². The summed E-state index contributed by atoms with van der Waals surface area (Å²) in [7, 11) is -0.876. The van der Waals surface area contributed by atoms with Gasteiger partial charge in [0.1, 0.15) is 18.9 Å². The molecule has 0 spiro atoms. The van der Waals surface area contributed by atoms with Gasteiger partial charge in [0.25, 0.3) is 0 Å². The summed E-state index contributed by atoms with van der Waals surface area (Å²) in [5, 5.41) is 11.7. The van der Waals surface area contributed by atoms with Crippen molar-refractivity contribution in [3.8, 4) is 0 Å². The van der Waals surface area contributed by atoms with Crippen LogP contribution in [0, 0.1) is 0 Å². The maximum absolute atomic E-state index is 11.7. The summed E-state index contributed by atoms with van der Waals surface area (Å²) in [6.45, 7) is 1.62.